The molecule has 1 N–H and O–H groups in total. The summed E-state index contributed by atoms with van der Waals surface area (Å²) in [4.78, 5) is 45.7. The number of rotatable bonds is 4. The van der Waals surface area contributed by atoms with Crippen LogP contribution in [0.25, 0.3) is 5.57 Å². The molecule has 1 spiro atoms. The average molecular weight is 545 g/mol. The Labute approximate surface area is 237 Å². The average Bonchev–Trinajstić information content (AvgIpc) is 3.45. The number of para-hydroxylation sites is 2. The molecule has 5 nitrogen and oxygen atoms in total. The number of benzene rings is 4. The highest BCUT2D eigenvalue weighted by Gasteiger charge is 2.70. The summed E-state index contributed by atoms with van der Waals surface area (Å²) in [7, 11) is 0. The lowest BCUT2D eigenvalue weighted by atomic mass is 9.64. The Morgan fingerprint density at radius 1 is 0.800 bits per heavy atom. The Bertz CT molecular complexity index is 1730. The summed E-state index contributed by atoms with van der Waals surface area (Å²) in [5.74, 6) is -1.75. The van der Waals surface area contributed by atoms with Crippen LogP contribution in [0.15, 0.2) is 109 Å². The third kappa shape index (κ3) is 3.31. The molecule has 3 heterocycles. The monoisotopic (exact) mass is 544 g/mol. The summed E-state index contributed by atoms with van der Waals surface area (Å²) in [5.41, 5.74) is 3.78. The molecule has 0 aliphatic carbocycles. The molecule has 196 valence electrons. The van der Waals surface area contributed by atoms with E-state index in [-0.39, 0.29) is 17.5 Å². The second-order valence-electron chi connectivity index (χ2n) is 10.6. The topological polar surface area (TPSA) is 66.5 Å². The normalized spacial score (nSPS) is 24.1. The van der Waals surface area contributed by atoms with E-state index in [0.29, 0.717) is 21.8 Å². The van der Waals surface area contributed by atoms with Gasteiger partial charge < -0.3 is 10.2 Å². The van der Waals surface area contributed by atoms with Gasteiger partial charge >= 0.3 is 0 Å². The highest BCUT2D eigenvalue weighted by Crippen LogP contribution is 2.58. The number of nitrogens with zero attached hydrogens (tertiary/aromatic N) is 1. The predicted octanol–water partition coefficient (Wildman–Crippen LogP) is 6.59. The highest BCUT2D eigenvalue weighted by molar-refractivity contribution is 6.30. The first-order chi connectivity index (χ1) is 19.4. The third-order valence-electron chi connectivity index (χ3n) is 8.62. The highest BCUT2D eigenvalue weighted by atomic mass is 35.5. The summed E-state index contributed by atoms with van der Waals surface area (Å²) in [6.45, 7) is 2.02. The lowest BCUT2D eigenvalue weighted by molar-refractivity contribution is -0.121. The van der Waals surface area contributed by atoms with E-state index >= 15 is 0 Å². The number of hydrogen-bond acceptors (Lipinski definition) is 4. The minimum Gasteiger partial charge on any atom is -0.352 e. The number of carbonyl (C=O) groups is 3. The maximum absolute atomic E-state index is 14.7. The number of anilines is 2. The van der Waals surface area contributed by atoms with E-state index < -0.39 is 23.4 Å². The molecule has 0 unspecified atom stereocenters. The fourth-order valence-corrected chi connectivity index (χ4v) is 7.08. The van der Waals surface area contributed by atoms with Gasteiger partial charge in [0, 0.05) is 33.1 Å². The van der Waals surface area contributed by atoms with Gasteiger partial charge in [0.1, 0.15) is 11.5 Å². The van der Waals surface area contributed by atoms with Crippen LogP contribution in [0.5, 0.6) is 0 Å². The molecule has 1 fully saturated rings. The first-order valence-electron chi connectivity index (χ1n) is 13.3. The maximum Gasteiger partial charge on any atom is 0.238 e. The fourth-order valence-electron chi connectivity index (χ4n) is 6.95. The van der Waals surface area contributed by atoms with Crippen LogP contribution in [0.3, 0.4) is 0 Å². The van der Waals surface area contributed by atoms with Gasteiger partial charge in [-0.15, -0.1) is 0 Å². The minimum atomic E-state index is -1.34. The zero-order valence-corrected chi connectivity index (χ0v) is 22.4. The van der Waals surface area contributed by atoms with Gasteiger partial charge in [0.05, 0.1) is 12.0 Å². The van der Waals surface area contributed by atoms with Crippen molar-refractivity contribution in [2.24, 2.45) is 5.92 Å². The van der Waals surface area contributed by atoms with E-state index in [1.54, 1.807) is 36.4 Å². The number of ketones is 2. The molecule has 0 bridgehead atoms. The van der Waals surface area contributed by atoms with Gasteiger partial charge in [-0.2, -0.15) is 0 Å². The Kier molecular flexibility index (Phi) is 5.55. The molecule has 3 aliphatic heterocycles. The van der Waals surface area contributed by atoms with E-state index in [9.17, 15) is 14.4 Å². The molecule has 40 heavy (non-hydrogen) atoms. The van der Waals surface area contributed by atoms with E-state index in [4.69, 9.17) is 11.6 Å². The Hall–Kier alpha value is -4.48. The number of hydrogen-bond donors (Lipinski definition) is 1. The summed E-state index contributed by atoms with van der Waals surface area (Å²) in [6.07, 6.45) is 2.06. The predicted molar refractivity (Wildman–Crippen MR) is 157 cm³/mol. The van der Waals surface area contributed by atoms with Crippen LogP contribution in [0.4, 0.5) is 11.4 Å². The molecular formula is C34H25ClN2O3. The van der Waals surface area contributed by atoms with Crippen LogP contribution < -0.4 is 10.2 Å². The van der Waals surface area contributed by atoms with Crippen molar-refractivity contribution < 1.29 is 14.4 Å². The van der Waals surface area contributed by atoms with Gasteiger partial charge in [-0.05, 0) is 54.5 Å². The fraction of sp³-hybridized carbons (Fsp3) is 0.147. The molecule has 4 atom stereocenters. The minimum absolute atomic E-state index is 0.199. The Morgan fingerprint density at radius 2 is 1.45 bits per heavy atom. The van der Waals surface area contributed by atoms with E-state index in [2.05, 4.69) is 11.4 Å². The number of amides is 1. The van der Waals surface area contributed by atoms with E-state index in [1.807, 2.05) is 78.6 Å². The van der Waals surface area contributed by atoms with Crippen molar-refractivity contribution in [1.29, 1.82) is 0 Å². The zero-order chi connectivity index (χ0) is 27.6. The Balaban J connectivity index is 1.56. The summed E-state index contributed by atoms with van der Waals surface area (Å²) in [6, 6.07) is 29.6. The van der Waals surface area contributed by atoms with Crippen molar-refractivity contribution >= 4 is 46.0 Å². The van der Waals surface area contributed by atoms with Crippen molar-refractivity contribution in [2.45, 2.75) is 24.4 Å². The quantitative estimate of drug-likeness (QED) is 0.294. The van der Waals surface area contributed by atoms with E-state index in [1.165, 1.54) is 0 Å². The van der Waals surface area contributed by atoms with Crippen molar-refractivity contribution in [3.63, 3.8) is 0 Å². The first kappa shape index (κ1) is 24.6. The lowest BCUT2D eigenvalue weighted by Gasteiger charge is -2.39. The SMILES string of the molecule is CC1=C[C@@H]2N(c3ccccc31)[C@H](C(=O)c1ccccc1)[C@@H](C(=O)c1ccc(Cl)cc1)[C@@]21C(=O)Nc2ccccc21. The number of nitrogens with one attached hydrogen (secondary N) is 1. The molecule has 4 aromatic rings. The largest absolute Gasteiger partial charge is 0.352 e. The van der Waals surface area contributed by atoms with Crippen molar-refractivity contribution in [2.75, 3.05) is 10.2 Å². The molecule has 0 radical (unpaired) electrons. The maximum atomic E-state index is 14.7. The summed E-state index contributed by atoms with van der Waals surface area (Å²) in [5, 5.41) is 3.57. The van der Waals surface area contributed by atoms with Gasteiger partial charge in [0.25, 0.3) is 0 Å². The van der Waals surface area contributed by atoms with Crippen LogP contribution >= 0.6 is 11.6 Å². The molecule has 1 amide bonds. The molecule has 0 aromatic heterocycles. The van der Waals surface area contributed by atoms with Crippen LogP contribution in [0.1, 0.15) is 38.8 Å². The molecule has 7 rings (SSSR count). The smallest absolute Gasteiger partial charge is 0.238 e. The van der Waals surface area contributed by atoms with E-state index in [0.717, 1.165) is 22.4 Å². The summed E-state index contributed by atoms with van der Waals surface area (Å²) < 4.78 is 0. The zero-order valence-electron chi connectivity index (χ0n) is 21.7. The van der Waals surface area contributed by atoms with Gasteiger partial charge in [0.15, 0.2) is 11.6 Å². The van der Waals surface area contributed by atoms with Crippen LogP contribution in [-0.2, 0) is 10.2 Å². The van der Waals surface area contributed by atoms with Gasteiger partial charge in [-0.1, -0.05) is 84.4 Å². The van der Waals surface area contributed by atoms with Gasteiger partial charge in [0.2, 0.25) is 5.91 Å². The van der Waals surface area contributed by atoms with Crippen molar-refractivity contribution in [3.05, 3.63) is 136 Å². The molecular weight excluding hydrogens is 520 g/mol. The molecule has 0 saturated carbocycles. The van der Waals surface area contributed by atoms with Crippen molar-refractivity contribution in [3.8, 4) is 0 Å². The number of fused-ring (bicyclic) bond motifs is 6. The standard InChI is InChI=1S/C34H25ClN2O3/c1-20-19-28-34(25-12-6-7-13-26(25)36-33(34)40)29(31(38)22-15-17-23(35)18-16-22)30(32(39)21-9-3-2-4-10-21)37(28)27-14-8-5-11-24(20)27/h2-19,28-30H,1H3,(H,36,40)/t28-,29-,30-,34-/m0/s1. The van der Waals surface area contributed by atoms with Crippen LogP contribution in [0, 0.1) is 5.92 Å². The van der Waals surface area contributed by atoms with Crippen LogP contribution in [-0.4, -0.2) is 29.6 Å². The second kappa shape index (κ2) is 9.04. The molecule has 4 aromatic carbocycles. The van der Waals surface area contributed by atoms with Crippen LogP contribution in [0.2, 0.25) is 5.02 Å². The Morgan fingerprint density at radius 3 is 2.23 bits per heavy atom. The second-order valence-corrected chi connectivity index (χ2v) is 11.0. The number of allylic oxidation sites excluding steroid dienone is 1. The molecule has 3 aliphatic rings. The summed E-state index contributed by atoms with van der Waals surface area (Å²) >= 11 is 6.17. The van der Waals surface area contributed by atoms with Crippen molar-refractivity contribution in [1.82, 2.24) is 0 Å². The molecule has 1 saturated heterocycles. The van der Waals surface area contributed by atoms with Gasteiger partial charge in [-0.3, -0.25) is 14.4 Å². The lowest BCUT2D eigenvalue weighted by Crippen LogP contribution is -2.51. The molecule has 6 heteroatoms. The first-order valence-corrected chi connectivity index (χ1v) is 13.7. The number of carbonyl (C=O) groups excluding carboxylic acids is 3. The number of halogens is 1. The van der Waals surface area contributed by atoms with Gasteiger partial charge in [-0.25, -0.2) is 0 Å². The number of Topliss-reactive ketones (excluding diaryl/α,β-unsaturated/α-hetero) is 2. The third-order valence-corrected chi connectivity index (χ3v) is 8.87.